The molecule has 0 aromatic heterocycles. The second-order valence-corrected chi connectivity index (χ2v) is 7.03. The SMILES string of the molecule is CCCCCCCCCCC(=O)C1(OC)CCC(C)CC1. The summed E-state index contributed by atoms with van der Waals surface area (Å²) in [7, 11) is 1.72. The van der Waals surface area contributed by atoms with Crippen LogP contribution >= 0.6 is 0 Å². The Balaban J connectivity index is 2.14. The monoisotopic (exact) mass is 296 g/mol. The lowest BCUT2D eigenvalue weighted by molar-refractivity contribution is -0.146. The Hall–Kier alpha value is -0.370. The minimum Gasteiger partial charge on any atom is -0.370 e. The second-order valence-electron chi connectivity index (χ2n) is 7.03. The molecule has 1 aliphatic rings. The lowest BCUT2D eigenvalue weighted by atomic mass is 9.76. The number of ether oxygens (including phenoxy) is 1. The zero-order chi connectivity index (χ0) is 15.6. The topological polar surface area (TPSA) is 26.3 Å². The first kappa shape index (κ1) is 18.7. The van der Waals surface area contributed by atoms with Crippen molar-refractivity contribution in [3.8, 4) is 0 Å². The molecule has 0 aromatic rings. The molecule has 1 rings (SSSR count). The van der Waals surface area contributed by atoms with Crippen molar-refractivity contribution in [1.29, 1.82) is 0 Å². The fourth-order valence-electron chi connectivity index (χ4n) is 3.47. The molecule has 0 unspecified atom stereocenters. The van der Waals surface area contributed by atoms with E-state index in [9.17, 15) is 4.79 Å². The molecule has 0 radical (unpaired) electrons. The number of ketones is 1. The smallest absolute Gasteiger partial charge is 0.164 e. The van der Waals surface area contributed by atoms with Gasteiger partial charge in [-0.2, -0.15) is 0 Å². The third kappa shape index (κ3) is 6.50. The van der Waals surface area contributed by atoms with Crippen molar-refractivity contribution in [1.82, 2.24) is 0 Å². The molecule has 0 bridgehead atoms. The van der Waals surface area contributed by atoms with E-state index >= 15 is 0 Å². The summed E-state index contributed by atoms with van der Waals surface area (Å²) in [6, 6.07) is 0. The minimum atomic E-state index is -0.437. The Bertz CT molecular complexity index is 277. The lowest BCUT2D eigenvalue weighted by Crippen LogP contribution is -2.43. The molecule has 0 heterocycles. The summed E-state index contributed by atoms with van der Waals surface area (Å²) in [5.41, 5.74) is -0.437. The van der Waals surface area contributed by atoms with Gasteiger partial charge in [-0.1, -0.05) is 58.8 Å². The van der Waals surface area contributed by atoms with Gasteiger partial charge in [0, 0.05) is 13.5 Å². The van der Waals surface area contributed by atoms with Crippen molar-refractivity contribution in [2.24, 2.45) is 5.92 Å². The molecule has 0 atom stereocenters. The third-order valence-corrected chi connectivity index (χ3v) is 5.24. The zero-order valence-electron chi connectivity index (χ0n) is 14.6. The van der Waals surface area contributed by atoms with Gasteiger partial charge in [0.05, 0.1) is 0 Å². The van der Waals surface area contributed by atoms with Gasteiger partial charge in [0.15, 0.2) is 5.78 Å². The average molecular weight is 296 g/mol. The van der Waals surface area contributed by atoms with Crippen LogP contribution < -0.4 is 0 Å². The summed E-state index contributed by atoms with van der Waals surface area (Å²) < 4.78 is 5.66. The highest BCUT2D eigenvalue weighted by molar-refractivity contribution is 5.87. The van der Waals surface area contributed by atoms with E-state index < -0.39 is 5.60 Å². The van der Waals surface area contributed by atoms with Crippen LogP contribution in [-0.4, -0.2) is 18.5 Å². The molecule has 0 aromatic carbocycles. The van der Waals surface area contributed by atoms with Gasteiger partial charge in [-0.15, -0.1) is 0 Å². The van der Waals surface area contributed by atoms with Crippen LogP contribution in [0.4, 0.5) is 0 Å². The molecular weight excluding hydrogens is 260 g/mol. The van der Waals surface area contributed by atoms with Crippen LogP contribution in [0.25, 0.3) is 0 Å². The fourth-order valence-corrected chi connectivity index (χ4v) is 3.47. The number of hydrogen-bond acceptors (Lipinski definition) is 2. The maximum atomic E-state index is 12.5. The summed E-state index contributed by atoms with van der Waals surface area (Å²) in [5.74, 6) is 1.12. The van der Waals surface area contributed by atoms with Crippen LogP contribution in [0.2, 0.25) is 0 Å². The van der Waals surface area contributed by atoms with Crippen LogP contribution in [0.15, 0.2) is 0 Å². The largest absolute Gasteiger partial charge is 0.370 e. The molecule has 124 valence electrons. The minimum absolute atomic E-state index is 0.364. The van der Waals surface area contributed by atoms with Gasteiger partial charge in [0.1, 0.15) is 5.60 Å². The number of carbonyl (C=O) groups is 1. The van der Waals surface area contributed by atoms with Crippen LogP contribution in [0.1, 0.15) is 97.3 Å². The standard InChI is InChI=1S/C19H36O2/c1-4-5-6-7-8-9-10-11-12-18(20)19(21-3)15-13-17(2)14-16-19/h17H,4-16H2,1-3H3. The predicted octanol–water partition coefficient (Wildman–Crippen LogP) is 5.68. The van der Waals surface area contributed by atoms with Crippen molar-refractivity contribution < 1.29 is 9.53 Å². The number of hydrogen-bond donors (Lipinski definition) is 0. The van der Waals surface area contributed by atoms with E-state index in [-0.39, 0.29) is 0 Å². The molecule has 0 spiro atoms. The van der Waals surface area contributed by atoms with Crippen molar-refractivity contribution in [3.63, 3.8) is 0 Å². The van der Waals surface area contributed by atoms with E-state index in [1.54, 1.807) is 7.11 Å². The number of carbonyl (C=O) groups excluding carboxylic acids is 1. The molecule has 21 heavy (non-hydrogen) atoms. The fraction of sp³-hybridized carbons (Fsp3) is 0.947. The van der Waals surface area contributed by atoms with Crippen LogP contribution in [0, 0.1) is 5.92 Å². The van der Waals surface area contributed by atoms with Gasteiger partial charge in [-0.05, 0) is 38.0 Å². The van der Waals surface area contributed by atoms with Crippen molar-refractivity contribution in [2.45, 2.75) is 103 Å². The lowest BCUT2D eigenvalue weighted by Gasteiger charge is -2.37. The molecule has 0 aliphatic heterocycles. The Morgan fingerprint density at radius 3 is 2.05 bits per heavy atom. The molecule has 0 saturated heterocycles. The van der Waals surface area contributed by atoms with E-state index in [2.05, 4.69) is 13.8 Å². The Morgan fingerprint density at radius 1 is 1.00 bits per heavy atom. The summed E-state index contributed by atoms with van der Waals surface area (Å²) in [4.78, 5) is 12.5. The van der Waals surface area contributed by atoms with Crippen molar-refractivity contribution in [3.05, 3.63) is 0 Å². The Labute approximate surface area is 132 Å². The zero-order valence-corrected chi connectivity index (χ0v) is 14.6. The summed E-state index contributed by atoms with van der Waals surface area (Å²) in [5, 5.41) is 0. The average Bonchev–Trinajstić information content (AvgIpc) is 2.51. The molecule has 1 fully saturated rings. The first-order chi connectivity index (χ1) is 10.1. The highest BCUT2D eigenvalue weighted by atomic mass is 16.5. The molecule has 0 N–H and O–H groups in total. The first-order valence-electron chi connectivity index (χ1n) is 9.23. The first-order valence-corrected chi connectivity index (χ1v) is 9.23. The van der Waals surface area contributed by atoms with Crippen molar-refractivity contribution >= 4 is 5.78 Å². The van der Waals surface area contributed by atoms with Gasteiger partial charge >= 0.3 is 0 Å². The highest BCUT2D eigenvalue weighted by Gasteiger charge is 2.40. The van der Waals surface area contributed by atoms with E-state index in [1.165, 1.54) is 44.9 Å². The summed E-state index contributed by atoms with van der Waals surface area (Å²) in [6.45, 7) is 4.53. The van der Waals surface area contributed by atoms with Gasteiger partial charge in [-0.25, -0.2) is 0 Å². The quantitative estimate of drug-likeness (QED) is 0.458. The number of rotatable bonds is 11. The molecule has 1 saturated carbocycles. The molecule has 2 heteroatoms. The highest BCUT2D eigenvalue weighted by Crippen LogP contribution is 2.36. The van der Waals surface area contributed by atoms with Gasteiger partial charge in [0.2, 0.25) is 0 Å². The molecule has 0 amide bonds. The molecule has 2 nitrogen and oxygen atoms in total. The van der Waals surface area contributed by atoms with Crippen LogP contribution in [0.5, 0.6) is 0 Å². The molecular formula is C19H36O2. The summed E-state index contributed by atoms with van der Waals surface area (Å²) >= 11 is 0. The van der Waals surface area contributed by atoms with Crippen molar-refractivity contribution in [2.75, 3.05) is 7.11 Å². The number of methoxy groups -OCH3 is 1. The van der Waals surface area contributed by atoms with Gasteiger partial charge < -0.3 is 4.74 Å². The number of unbranched alkanes of at least 4 members (excludes halogenated alkanes) is 7. The maximum absolute atomic E-state index is 12.5. The predicted molar refractivity (Wildman–Crippen MR) is 89.6 cm³/mol. The van der Waals surface area contributed by atoms with E-state index in [0.29, 0.717) is 5.78 Å². The van der Waals surface area contributed by atoms with Crippen LogP contribution in [-0.2, 0) is 9.53 Å². The Morgan fingerprint density at radius 2 is 1.52 bits per heavy atom. The van der Waals surface area contributed by atoms with E-state index in [1.807, 2.05) is 0 Å². The van der Waals surface area contributed by atoms with Crippen LogP contribution in [0.3, 0.4) is 0 Å². The van der Waals surface area contributed by atoms with E-state index in [0.717, 1.165) is 44.4 Å². The van der Waals surface area contributed by atoms with E-state index in [4.69, 9.17) is 4.74 Å². The second kappa shape index (κ2) is 10.4. The van der Waals surface area contributed by atoms with Gasteiger partial charge in [-0.3, -0.25) is 4.79 Å². The normalized spacial score (nSPS) is 26.0. The van der Waals surface area contributed by atoms with Gasteiger partial charge in [0.25, 0.3) is 0 Å². The Kier molecular flexibility index (Phi) is 9.23. The third-order valence-electron chi connectivity index (χ3n) is 5.24. The molecule has 1 aliphatic carbocycles. The maximum Gasteiger partial charge on any atom is 0.164 e. The summed E-state index contributed by atoms with van der Waals surface area (Å²) in [6.07, 6.45) is 15.1. The number of Topliss-reactive ketones (excluding diaryl/α,β-unsaturated/α-hetero) is 1.